The van der Waals surface area contributed by atoms with E-state index in [0.29, 0.717) is 0 Å². The molecule has 0 spiro atoms. The smallest absolute Gasteiger partial charge is 0.139 e. The van der Waals surface area contributed by atoms with Gasteiger partial charge in [-0.05, 0) is 125 Å². The van der Waals surface area contributed by atoms with Gasteiger partial charge in [0.2, 0.25) is 0 Å². The Morgan fingerprint density at radius 3 is 1.53 bits per heavy atom. The van der Waals surface area contributed by atoms with E-state index in [2.05, 4.69) is 131 Å². The molecule has 0 radical (unpaired) electrons. The van der Waals surface area contributed by atoms with Gasteiger partial charge < -0.3 is 0 Å². The zero-order valence-corrected chi connectivity index (χ0v) is 35.4. The number of pyridine rings is 6. The number of hydrogen-bond donors (Lipinski definition) is 0. The number of hydrogen-bond acceptors (Lipinski definition) is 7. The Labute approximate surface area is 379 Å². The van der Waals surface area contributed by atoms with Crippen molar-refractivity contribution in [2.24, 2.45) is 0 Å². The van der Waals surface area contributed by atoms with Gasteiger partial charge in [0.1, 0.15) is 11.6 Å². The summed E-state index contributed by atoms with van der Waals surface area (Å²) in [5, 5.41) is 4.53. The lowest BCUT2D eigenvalue weighted by molar-refractivity contribution is 1.07. The van der Waals surface area contributed by atoms with Crippen LogP contribution >= 0.6 is 0 Å². The van der Waals surface area contributed by atoms with E-state index in [1.807, 2.05) is 97.6 Å². The fourth-order valence-corrected chi connectivity index (χ4v) is 9.54. The van der Waals surface area contributed by atoms with E-state index in [-0.39, 0.29) is 0 Å². The first-order valence-electron chi connectivity index (χ1n) is 21.9. The molecule has 0 fully saturated rings. The fourth-order valence-electron chi connectivity index (χ4n) is 9.54. The summed E-state index contributed by atoms with van der Waals surface area (Å²) in [6, 6.07) is 67.5. The van der Waals surface area contributed by atoms with Gasteiger partial charge in [-0.1, -0.05) is 91.0 Å². The van der Waals surface area contributed by atoms with E-state index in [0.717, 1.165) is 123 Å². The third kappa shape index (κ3) is 6.23. The van der Waals surface area contributed by atoms with Crippen LogP contribution in [0.1, 0.15) is 0 Å². The van der Waals surface area contributed by atoms with Crippen molar-refractivity contribution in [2.75, 3.05) is 4.90 Å². The Morgan fingerprint density at radius 1 is 0.318 bits per heavy atom. The summed E-state index contributed by atoms with van der Waals surface area (Å²) < 4.78 is 2.30. The normalized spacial score (nSPS) is 11.9. The van der Waals surface area contributed by atoms with Crippen molar-refractivity contribution in [3.8, 4) is 73.4 Å². The minimum Gasteiger partial charge on any atom is -0.294 e. The fraction of sp³-hybridized carbons (Fsp3) is 0. The Bertz CT molecular complexity index is 3680. The lowest BCUT2D eigenvalue weighted by Crippen LogP contribution is -2.17. The van der Waals surface area contributed by atoms with E-state index >= 15 is 0 Å². The maximum absolute atomic E-state index is 5.45. The summed E-state index contributed by atoms with van der Waals surface area (Å²) in [6.45, 7) is 0. The molecule has 7 aromatic heterocycles. The maximum atomic E-state index is 5.45. The number of fused-ring (bicyclic) bond motifs is 5. The monoisotopic (exact) mass is 844 g/mol. The van der Waals surface area contributed by atoms with Crippen molar-refractivity contribution in [3.63, 3.8) is 0 Å². The molecule has 0 atom stereocenters. The van der Waals surface area contributed by atoms with Crippen LogP contribution in [-0.4, -0.2) is 34.5 Å². The first kappa shape index (κ1) is 37.4. The van der Waals surface area contributed by atoms with Crippen molar-refractivity contribution in [2.45, 2.75) is 0 Å². The predicted octanol–water partition coefficient (Wildman–Crippen LogP) is 14.1. The van der Waals surface area contributed by atoms with E-state index in [1.165, 1.54) is 0 Å². The molecule has 1 aliphatic rings. The average molecular weight is 845 g/mol. The topological polar surface area (TPSA) is 85.5 Å². The molecular weight excluding hydrogens is 809 g/mol. The lowest BCUT2D eigenvalue weighted by atomic mass is 9.90. The maximum Gasteiger partial charge on any atom is 0.139 e. The Hall–Kier alpha value is -9.14. The second kappa shape index (κ2) is 15.3. The van der Waals surface area contributed by atoms with Crippen LogP contribution in [0.2, 0.25) is 0 Å². The third-order valence-corrected chi connectivity index (χ3v) is 12.5. The van der Waals surface area contributed by atoms with Gasteiger partial charge in [0.15, 0.2) is 0 Å². The Morgan fingerprint density at radius 2 is 0.894 bits per heavy atom. The van der Waals surface area contributed by atoms with E-state index in [9.17, 15) is 0 Å². The molecule has 8 heterocycles. The van der Waals surface area contributed by atoms with Crippen LogP contribution in [0.5, 0.6) is 0 Å². The van der Waals surface area contributed by atoms with Crippen molar-refractivity contribution < 1.29 is 0 Å². The predicted molar refractivity (Wildman–Crippen MR) is 266 cm³/mol. The van der Waals surface area contributed by atoms with Gasteiger partial charge in [-0.2, -0.15) is 0 Å². The molecule has 308 valence electrons. The molecule has 13 rings (SSSR count). The van der Waals surface area contributed by atoms with E-state index in [1.54, 1.807) is 0 Å². The highest BCUT2D eigenvalue weighted by Crippen LogP contribution is 2.53. The number of aromatic nitrogens is 7. The SMILES string of the molecule is c1ccc(-c2ccc3c(c2)c2cc4c(cc2n3-c2cc(-c3ccccn3)cc(-c3ccccn3)n2)N(c2cc(-c3ccccn3)cc(-c3ccccn3)n2)c2cccc3cccc-4c23)cc1. The first-order valence-corrected chi connectivity index (χ1v) is 21.9. The highest BCUT2D eigenvalue weighted by atomic mass is 15.2. The lowest BCUT2D eigenvalue weighted by Gasteiger charge is -2.33. The van der Waals surface area contributed by atoms with Crippen molar-refractivity contribution in [3.05, 3.63) is 219 Å². The highest BCUT2D eigenvalue weighted by molar-refractivity contribution is 6.19. The summed E-state index contributed by atoms with van der Waals surface area (Å²) in [7, 11) is 0. The van der Waals surface area contributed by atoms with Crippen LogP contribution in [0.15, 0.2) is 219 Å². The second-order valence-corrected chi connectivity index (χ2v) is 16.4. The second-order valence-electron chi connectivity index (χ2n) is 16.4. The molecule has 0 saturated heterocycles. The summed E-state index contributed by atoms with van der Waals surface area (Å²) in [5.41, 5.74) is 15.2. The van der Waals surface area contributed by atoms with Crippen LogP contribution in [0.4, 0.5) is 17.2 Å². The molecule has 0 amide bonds. The molecule has 0 bridgehead atoms. The zero-order chi connectivity index (χ0) is 43.6. The van der Waals surface area contributed by atoms with Crippen molar-refractivity contribution in [1.82, 2.24) is 34.5 Å². The van der Waals surface area contributed by atoms with Crippen LogP contribution in [0.3, 0.4) is 0 Å². The summed E-state index contributed by atoms with van der Waals surface area (Å²) >= 11 is 0. The first-order chi connectivity index (χ1) is 32.7. The van der Waals surface area contributed by atoms with E-state index < -0.39 is 0 Å². The molecule has 0 unspecified atom stereocenters. The largest absolute Gasteiger partial charge is 0.294 e. The van der Waals surface area contributed by atoms with Gasteiger partial charge in [-0.15, -0.1) is 0 Å². The summed E-state index contributed by atoms with van der Waals surface area (Å²) in [4.78, 5) is 32.3. The van der Waals surface area contributed by atoms with Gasteiger partial charge in [-0.25, -0.2) is 9.97 Å². The van der Waals surface area contributed by atoms with Crippen LogP contribution in [-0.2, 0) is 0 Å². The zero-order valence-electron chi connectivity index (χ0n) is 35.4. The van der Waals surface area contributed by atoms with Crippen molar-refractivity contribution >= 4 is 49.8 Å². The van der Waals surface area contributed by atoms with Gasteiger partial charge >= 0.3 is 0 Å². The molecule has 5 aromatic carbocycles. The van der Waals surface area contributed by atoms with Gasteiger partial charge in [0, 0.05) is 57.6 Å². The van der Waals surface area contributed by atoms with Crippen LogP contribution in [0, 0.1) is 0 Å². The average Bonchev–Trinajstić information content (AvgIpc) is 3.72. The Kier molecular flexibility index (Phi) is 8.67. The van der Waals surface area contributed by atoms with Crippen molar-refractivity contribution in [1.29, 1.82) is 0 Å². The molecule has 0 N–H and O–H groups in total. The minimum absolute atomic E-state index is 0.752. The van der Waals surface area contributed by atoms with Gasteiger partial charge in [-0.3, -0.25) is 29.4 Å². The molecular formula is C58H36N8. The molecule has 0 saturated carbocycles. The number of nitrogens with zero attached hydrogens (tertiary/aromatic N) is 8. The molecule has 12 aromatic rings. The molecule has 8 nitrogen and oxygen atoms in total. The third-order valence-electron chi connectivity index (χ3n) is 12.5. The highest BCUT2D eigenvalue weighted by Gasteiger charge is 2.30. The molecule has 0 aliphatic carbocycles. The Balaban J connectivity index is 1.14. The number of rotatable bonds is 7. The number of anilines is 3. The number of benzene rings is 5. The molecule has 66 heavy (non-hydrogen) atoms. The molecule has 8 heteroatoms. The standard InChI is InChI=1S/C58H36N8/c1-2-14-37(15-3-1)39-24-25-52-43(30-39)45-35-44-42-18-12-16-38-17-13-23-53(58(38)42)66(57-34-41(47-20-5-9-27-60-47)32-51(64-57)49-22-7-11-29-62-49)54(44)36-55(45)65(52)56-33-40(46-19-4-8-26-59-46)31-50(63-56)48-21-6-10-28-61-48/h1-36H. The summed E-state index contributed by atoms with van der Waals surface area (Å²) in [6.07, 6.45) is 7.28. The minimum atomic E-state index is 0.752. The van der Waals surface area contributed by atoms with E-state index in [4.69, 9.17) is 29.9 Å². The summed E-state index contributed by atoms with van der Waals surface area (Å²) in [5.74, 6) is 1.51. The van der Waals surface area contributed by atoms with Crippen LogP contribution in [0.25, 0.3) is 106 Å². The quantitative estimate of drug-likeness (QED) is 0.158. The van der Waals surface area contributed by atoms with Gasteiger partial charge in [0.25, 0.3) is 0 Å². The molecule has 1 aliphatic heterocycles. The van der Waals surface area contributed by atoms with Crippen LogP contribution < -0.4 is 4.90 Å². The van der Waals surface area contributed by atoms with Gasteiger partial charge in [0.05, 0.1) is 56.6 Å².